The topological polar surface area (TPSA) is 97.6 Å². The van der Waals surface area contributed by atoms with Crippen LogP contribution in [0.4, 0.5) is 5.69 Å². The van der Waals surface area contributed by atoms with Gasteiger partial charge in [0.2, 0.25) is 0 Å². The van der Waals surface area contributed by atoms with Crippen molar-refractivity contribution >= 4 is 33.7 Å². The number of carbonyl (C=O) groups excluding carboxylic acids is 1. The van der Waals surface area contributed by atoms with Gasteiger partial charge in [-0.25, -0.2) is 4.99 Å². The number of hydrogen-bond acceptors (Lipinski definition) is 5. The maximum Gasteiger partial charge on any atom is 0.269 e. The lowest BCUT2D eigenvalue weighted by molar-refractivity contribution is -0.114. The van der Waals surface area contributed by atoms with Gasteiger partial charge < -0.3 is 16.4 Å². The molecule has 6 nitrogen and oxygen atoms in total. The summed E-state index contributed by atoms with van der Waals surface area (Å²) >= 11 is 3.38. The number of rotatable bonds is 2. The van der Waals surface area contributed by atoms with Crippen LogP contribution in [-0.2, 0) is 4.79 Å². The maximum absolute atomic E-state index is 11.4. The minimum atomic E-state index is -0.632. The van der Waals surface area contributed by atoms with E-state index in [4.69, 9.17) is 11.5 Å². The van der Waals surface area contributed by atoms with Crippen molar-refractivity contribution in [2.45, 2.75) is 4.95 Å². The van der Waals surface area contributed by atoms with E-state index < -0.39 is 5.91 Å². The average molecular weight is 296 g/mol. The van der Waals surface area contributed by atoms with E-state index in [-0.39, 0.29) is 16.5 Å². The molecular formula is C10H10BrN5O. The second-order valence-corrected chi connectivity index (χ2v) is 4.27. The molecule has 4 N–H and O–H groups in total. The first kappa shape index (κ1) is 11.6. The van der Waals surface area contributed by atoms with Gasteiger partial charge in [0.25, 0.3) is 5.91 Å². The van der Waals surface area contributed by atoms with Crippen LogP contribution < -0.4 is 16.4 Å². The summed E-state index contributed by atoms with van der Waals surface area (Å²) in [7, 11) is 0. The van der Waals surface area contributed by atoms with Crippen LogP contribution in [0.5, 0.6) is 0 Å². The van der Waals surface area contributed by atoms with Crippen LogP contribution in [0.3, 0.4) is 0 Å². The number of hydrogen-bond donors (Lipinski definition) is 2. The highest BCUT2D eigenvalue weighted by Gasteiger charge is 2.28. The zero-order chi connectivity index (χ0) is 12.4. The van der Waals surface area contributed by atoms with Crippen LogP contribution in [0.2, 0.25) is 0 Å². The number of alkyl halides is 1. The Morgan fingerprint density at radius 2 is 2.29 bits per heavy atom. The molecular weight excluding hydrogens is 286 g/mol. The van der Waals surface area contributed by atoms with E-state index in [0.717, 1.165) is 0 Å². The molecule has 0 aliphatic carbocycles. The third-order valence-electron chi connectivity index (χ3n) is 2.22. The zero-order valence-corrected chi connectivity index (χ0v) is 10.3. The van der Waals surface area contributed by atoms with Crippen LogP contribution in [0.15, 0.2) is 41.0 Å². The van der Waals surface area contributed by atoms with E-state index in [0.29, 0.717) is 5.69 Å². The van der Waals surface area contributed by atoms with Gasteiger partial charge >= 0.3 is 0 Å². The molecule has 0 fully saturated rings. The number of nitrogens with two attached hydrogens (primary N) is 2. The van der Waals surface area contributed by atoms with E-state index in [1.165, 1.54) is 0 Å². The van der Waals surface area contributed by atoms with Crippen molar-refractivity contribution in [1.82, 2.24) is 4.98 Å². The van der Waals surface area contributed by atoms with Gasteiger partial charge in [0.05, 0.1) is 11.9 Å². The molecule has 0 spiro atoms. The summed E-state index contributed by atoms with van der Waals surface area (Å²) in [6, 6.07) is 3.56. The van der Waals surface area contributed by atoms with Crippen molar-refractivity contribution in [3.05, 3.63) is 36.0 Å². The lowest BCUT2D eigenvalue weighted by atomic mass is 10.2. The fourth-order valence-electron chi connectivity index (χ4n) is 1.53. The average Bonchev–Trinajstić information content (AvgIpc) is 2.32. The van der Waals surface area contributed by atoms with Crippen LogP contribution in [-0.4, -0.2) is 22.1 Å². The number of carbonyl (C=O) groups is 1. The Morgan fingerprint density at radius 1 is 1.53 bits per heavy atom. The minimum Gasteiger partial charge on any atom is -0.382 e. The first-order chi connectivity index (χ1) is 8.11. The number of amides is 1. The summed E-state index contributed by atoms with van der Waals surface area (Å²) in [4.78, 5) is 20.7. The summed E-state index contributed by atoms with van der Waals surface area (Å²) in [5.41, 5.74) is 11.8. The quantitative estimate of drug-likeness (QED) is 0.606. The molecule has 0 bridgehead atoms. The fourth-order valence-corrected chi connectivity index (χ4v) is 2.09. The second kappa shape index (κ2) is 4.54. The van der Waals surface area contributed by atoms with Gasteiger partial charge in [-0.15, -0.1) is 0 Å². The lowest BCUT2D eigenvalue weighted by Gasteiger charge is -2.30. The van der Waals surface area contributed by atoms with Crippen LogP contribution >= 0.6 is 15.9 Å². The van der Waals surface area contributed by atoms with Gasteiger partial charge in [0.1, 0.15) is 4.95 Å². The van der Waals surface area contributed by atoms with Crippen LogP contribution in [0.25, 0.3) is 0 Å². The fraction of sp³-hybridized carbons (Fsp3) is 0.100. The molecule has 0 radical (unpaired) electrons. The number of halogens is 1. The third kappa shape index (κ3) is 2.14. The molecule has 1 aliphatic heterocycles. The maximum atomic E-state index is 11.4. The van der Waals surface area contributed by atoms with Gasteiger partial charge in [0, 0.05) is 12.4 Å². The van der Waals surface area contributed by atoms with Crippen molar-refractivity contribution in [2.24, 2.45) is 16.5 Å². The molecule has 1 aromatic heterocycles. The van der Waals surface area contributed by atoms with Gasteiger partial charge in [-0.05, 0) is 12.1 Å². The third-order valence-corrected chi connectivity index (χ3v) is 2.87. The summed E-state index contributed by atoms with van der Waals surface area (Å²) in [5.74, 6) is -0.537. The van der Waals surface area contributed by atoms with Gasteiger partial charge in [-0.3, -0.25) is 9.78 Å². The number of pyridine rings is 1. The first-order valence-corrected chi connectivity index (χ1v) is 5.70. The van der Waals surface area contributed by atoms with Gasteiger partial charge in [-0.2, -0.15) is 0 Å². The number of nitrogens with zero attached hydrogens (tertiary/aromatic N) is 3. The zero-order valence-electron chi connectivity index (χ0n) is 8.75. The molecule has 0 aromatic carbocycles. The molecule has 7 heteroatoms. The number of primary amides is 1. The molecule has 0 saturated heterocycles. The van der Waals surface area contributed by atoms with E-state index in [1.54, 1.807) is 35.6 Å². The Labute approximate surface area is 106 Å². The summed E-state index contributed by atoms with van der Waals surface area (Å²) in [5, 5.41) is 0. The molecule has 17 heavy (non-hydrogen) atoms. The molecule has 1 aromatic rings. The van der Waals surface area contributed by atoms with Crippen LogP contribution in [0.1, 0.15) is 0 Å². The van der Waals surface area contributed by atoms with Gasteiger partial charge in [0.15, 0.2) is 11.5 Å². The normalized spacial score (nSPS) is 19.6. The van der Waals surface area contributed by atoms with E-state index >= 15 is 0 Å². The Kier molecular flexibility index (Phi) is 3.10. The standard InChI is InChI=1S/C10H10BrN5O/c11-7-5-15-9(12)8(10(13)17)16(7)6-2-1-3-14-4-6/h1-5,7H,12H2,(H2,13,17). The summed E-state index contributed by atoms with van der Waals surface area (Å²) in [6.45, 7) is 0. The number of aromatic nitrogens is 1. The highest BCUT2D eigenvalue weighted by molar-refractivity contribution is 9.10. The Balaban J connectivity index is 2.51. The van der Waals surface area contributed by atoms with Crippen molar-refractivity contribution in [2.75, 3.05) is 4.90 Å². The smallest absolute Gasteiger partial charge is 0.269 e. The Morgan fingerprint density at radius 3 is 2.88 bits per heavy atom. The van der Waals surface area contributed by atoms with Gasteiger partial charge in [-0.1, -0.05) is 15.9 Å². The lowest BCUT2D eigenvalue weighted by Crippen LogP contribution is -2.41. The number of anilines is 1. The monoisotopic (exact) mass is 295 g/mol. The van der Waals surface area contributed by atoms with Crippen molar-refractivity contribution in [3.8, 4) is 0 Å². The molecule has 1 unspecified atom stereocenters. The minimum absolute atomic E-state index is 0.0945. The highest BCUT2D eigenvalue weighted by Crippen LogP contribution is 2.27. The molecule has 1 atom stereocenters. The first-order valence-electron chi connectivity index (χ1n) is 4.78. The summed E-state index contributed by atoms with van der Waals surface area (Å²) in [6.07, 6.45) is 4.83. The molecule has 1 aliphatic rings. The second-order valence-electron chi connectivity index (χ2n) is 3.33. The van der Waals surface area contributed by atoms with E-state index in [2.05, 4.69) is 25.9 Å². The molecule has 88 valence electrons. The van der Waals surface area contributed by atoms with Crippen molar-refractivity contribution < 1.29 is 4.79 Å². The SMILES string of the molecule is NC(=O)C1=C(N)N=CC(Br)N1c1cccnc1. The van der Waals surface area contributed by atoms with Crippen molar-refractivity contribution in [3.63, 3.8) is 0 Å². The predicted molar refractivity (Wildman–Crippen MR) is 68.3 cm³/mol. The Hall–Kier alpha value is -1.89. The summed E-state index contributed by atoms with van der Waals surface area (Å²) < 4.78 is 0. The van der Waals surface area contributed by atoms with Crippen LogP contribution in [0, 0.1) is 0 Å². The predicted octanol–water partition coefficient (Wildman–Crippen LogP) is 0.307. The molecule has 0 saturated carbocycles. The highest BCUT2D eigenvalue weighted by atomic mass is 79.9. The van der Waals surface area contributed by atoms with E-state index in [1.807, 2.05) is 0 Å². The van der Waals surface area contributed by atoms with Crippen molar-refractivity contribution in [1.29, 1.82) is 0 Å². The van der Waals surface area contributed by atoms with E-state index in [9.17, 15) is 4.79 Å². The Bertz CT molecular complexity index is 499. The molecule has 1 amide bonds. The molecule has 2 rings (SSSR count). The largest absolute Gasteiger partial charge is 0.382 e. The molecule has 2 heterocycles. The number of aliphatic imine (C=N–C) groups is 1.